The van der Waals surface area contributed by atoms with E-state index in [0.717, 1.165) is 17.7 Å². The minimum Gasteiger partial charge on any atom is -0.480 e. The molecule has 1 unspecified atom stereocenters. The number of urea groups is 1. The smallest absolute Gasteiger partial charge is 0.327 e. The lowest BCUT2D eigenvalue weighted by Gasteiger charge is -2.38. The Kier molecular flexibility index (Phi) is 5.72. The average Bonchev–Trinajstić information content (AvgIpc) is 2.70. The quantitative estimate of drug-likeness (QED) is 0.687. The molecule has 1 atom stereocenters. The van der Waals surface area contributed by atoms with Crippen molar-refractivity contribution < 1.29 is 23.9 Å². The number of ether oxygens (including phenoxy) is 2. The Hall–Kier alpha value is -2.91. The molecule has 1 aromatic rings. The molecule has 10 heteroatoms. The highest BCUT2D eigenvalue weighted by atomic mass is 16.5. The summed E-state index contributed by atoms with van der Waals surface area (Å²) in [5.41, 5.74) is 0. The molecular formula is C17H23N5O5. The number of nitrogens with zero attached hydrogens (tertiary/aromatic N) is 5. The second-order valence-corrected chi connectivity index (χ2v) is 6.37. The molecule has 0 aliphatic carbocycles. The van der Waals surface area contributed by atoms with E-state index >= 15 is 0 Å². The first kappa shape index (κ1) is 18.9. The summed E-state index contributed by atoms with van der Waals surface area (Å²) in [6.45, 7) is 3.67. The van der Waals surface area contributed by atoms with Crippen LogP contribution in [0.1, 0.15) is 19.8 Å². The van der Waals surface area contributed by atoms with Crippen LogP contribution < -0.4 is 9.47 Å². The zero-order valence-electron chi connectivity index (χ0n) is 15.5. The Morgan fingerprint density at radius 1 is 1.15 bits per heavy atom. The van der Waals surface area contributed by atoms with E-state index in [4.69, 9.17) is 9.47 Å². The lowest BCUT2D eigenvalue weighted by molar-refractivity contribution is -0.154. The maximum atomic E-state index is 12.7. The van der Waals surface area contributed by atoms with Crippen molar-refractivity contribution in [2.24, 2.45) is 0 Å². The number of piperidine rings is 1. The topological polar surface area (TPSA) is 105 Å². The van der Waals surface area contributed by atoms with Crippen molar-refractivity contribution in [3.8, 4) is 11.8 Å². The van der Waals surface area contributed by atoms with Gasteiger partial charge in [-0.3, -0.25) is 14.5 Å². The second kappa shape index (κ2) is 8.19. The summed E-state index contributed by atoms with van der Waals surface area (Å²) in [6, 6.07) is 2.85. The number of amides is 4. The van der Waals surface area contributed by atoms with Crippen molar-refractivity contribution >= 4 is 17.8 Å². The Bertz CT molecular complexity index is 710. The normalized spacial score (nSPS) is 20.7. The fourth-order valence-electron chi connectivity index (χ4n) is 3.19. The SMILES string of the molecule is CCN1CCN(C(=O)N2CCCC(Oc3ccc(OC)nn3)C2)C(=O)C1=O. The van der Waals surface area contributed by atoms with Gasteiger partial charge >= 0.3 is 17.8 Å². The van der Waals surface area contributed by atoms with Crippen molar-refractivity contribution in [3.05, 3.63) is 12.1 Å². The van der Waals surface area contributed by atoms with E-state index in [1.807, 2.05) is 0 Å². The summed E-state index contributed by atoms with van der Waals surface area (Å²) in [5.74, 6) is -0.664. The van der Waals surface area contributed by atoms with Crippen molar-refractivity contribution in [1.82, 2.24) is 24.9 Å². The monoisotopic (exact) mass is 377 g/mol. The standard InChI is InChI=1S/C17H23N5O5/c1-3-20-9-10-22(16(24)15(20)23)17(25)21-8-4-5-12(11-21)27-14-7-6-13(26-2)18-19-14/h6-7,12H,3-5,8-11H2,1-2H3. The lowest BCUT2D eigenvalue weighted by Crippen LogP contribution is -2.60. The summed E-state index contributed by atoms with van der Waals surface area (Å²) >= 11 is 0. The first-order chi connectivity index (χ1) is 13.0. The maximum absolute atomic E-state index is 12.7. The Morgan fingerprint density at radius 3 is 2.56 bits per heavy atom. The number of piperazine rings is 1. The number of imide groups is 1. The fourth-order valence-corrected chi connectivity index (χ4v) is 3.19. The molecular weight excluding hydrogens is 354 g/mol. The van der Waals surface area contributed by atoms with Crippen LogP contribution in [-0.4, -0.2) is 88.7 Å². The van der Waals surface area contributed by atoms with E-state index in [0.29, 0.717) is 37.9 Å². The number of likely N-dealkylation sites (tertiary alicyclic amines) is 1. The summed E-state index contributed by atoms with van der Waals surface area (Å²) < 4.78 is 10.8. The molecule has 2 aliphatic rings. The van der Waals surface area contributed by atoms with Gasteiger partial charge in [0.25, 0.3) is 0 Å². The summed E-state index contributed by atoms with van der Waals surface area (Å²) in [7, 11) is 1.50. The largest absolute Gasteiger partial charge is 0.480 e. The number of aromatic nitrogens is 2. The van der Waals surface area contributed by atoms with Crippen LogP contribution in [0.2, 0.25) is 0 Å². The number of methoxy groups -OCH3 is 1. The minimum atomic E-state index is -0.767. The third-order valence-electron chi connectivity index (χ3n) is 4.68. The van der Waals surface area contributed by atoms with Crippen molar-refractivity contribution in [1.29, 1.82) is 0 Å². The number of rotatable bonds is 4. The van der Waals surface area contributed by atoms with Crippen molar-refractivity contribution in [3.63, 3.8) is 0 Å². The molecule has 2 saturated heterocycles. The molecule has 0 spiro atoms. The predicted molar refractivity (Wildman–Crippen MR) is 93.2 cm³/mol. The first-order valence-corrected chi connectivity index (χ1v) is 8.97. The predicted octanol–water partition coefficient (Wildman–Crippen LogP) is 0.139. The average molecular weight is 377 g/mol. The van der Waals surface area contributed by atoms with Gasteiger partial charge < -0.3 is 19.3 Å². The minimum absolute atomic E-state index is 0.212. The molecule has 0 bridgehead atoms. The van der Waals surface area contributed by atoms with E-state index in [1.54, 1.807) is 24.0 Å². The summed E-state index contributed by atoms with van der Waals surface area (Å²) in [4.78, 5) is 41.0. The zero-order valence-corrected chi connectivity index (χ0v) is 15.5. The molecule has 3 rings (SSSR count). The third kappa shape index (κ3) is 4.09. The molecule has 0 radical (unpaired) electrons. The number of hydrogen-bond acceptors (Lipinski definition) is 7. The van der Waals surface area contributed by atoms with Gasteiger partial charge in [-0.15, -0.1) is 10.2 Å². The Labute approximate surface area is 157 Å². The Morgan fingerprint density at radius 2 is 1.89 bits per heavy atom. The highest BCUT2D eigenvalue weighted by Gasteiger charge is 2.38. The number of carbonyl (C=O) groups excluding carboxylic acids is 3. The molecule has 0 saturated carbocycles. The van der Waals surface area contributed by atoms with Crippen LogP contribution in [0.3, 0.4) is 0 Å². The van der Waals surface area contributed by atoms with Crippen LogP contribution in [0.15, 0.2) is 12.1 Å². The molecule has 4 amide bonds. The van der Waals surface area contributed by atoms with Gasteiger partial charge in [0.15, 0.2) is 0 Å². The second-order valence-electron chi connectivity index (χ2n) is 6.37. The van der Waals surface area contributed by atoms with E-state index in [1.165, 1.54) is 12.0 Å². The molecule has 2 aliphatic heterocycles. The van der Waals surface area contributed by atoms with Gasteiger partial charge in [0, 0.05) is 38.3 Å². The van der Waals surface area contributed by atoms with Crippen LogP contribution in [0.25, 0.3) is 0 Å². The molecule has 0 aromatic carbocycles. The van der Waals surface area contributed by atoms with Gasteiger partial charge in [-0.1, -0.05) is 0 Å². The number of hydrogen-bond donors (Lipinski definition) is 0. The maximum Gasteiger partial charge on any atom is 0.327 e. The van der Waals surface area contributed by atoms with Crippen LogP contribution in [-0.2, 0) is 9.59 Å². The van der Waals surface area contributed by atoms with Crippen LogP contribution in [0.4, 0.5) is 4.79 Å². The molecule has 1 aromatic heterocycles. The zero-order chi connectivity index (χ0) is 19.4. The molecule has 27 heavy (non-hydrogen) atoms. The van der Waals surface area contributed by atoms with Gasteiger partial charge in [-0.2, -0.15) is 0 Å². The van der Waals surface area contributed by atoms with Gasteiger partial charge in [-0.25, -0.2) is 4.79 Å². The van der Waals surface area contributed by atoms with Gasteiger partial charge in [-0.05, 0) is 19.8 Å². The van der Waals surface area contributed by atoms with Crippen LogP contribution in [0, 0.1) is 0 Å². The third-order valence-corrected chi connectivity index (χ3v) is 4.68. The van der Waals surface area contributed by atoms with E-state index < -0.39 is 17.8 Å². The van der Waals surface area contributed by atoms with Gasteiger partial charge in [0.2, 0.25) is 11.8 Å². The van der Waals surface area contributed by atoms with Gasteiger partial charge in [0.05, 0.1) is 13.7 Å². The van der Waals surface area contributed by atoms with Crippen molar-refractivity contribution in [2.45, 2.75) is 25.9 Å². The fraction of sp³-hybridized carbons (Fsp3) is 0.588. The van der Waals surface area contributed by atoms with E-state index in [-0.39, 0.29) is 12.6 Å². The highest BCUT2D eigenvalue weighted by molar-refractivity contribution is 6.38. The number of carbonyl (C=O) groups is 3. The van der Waals surface area contributed by atoms with E-state index in [9.17, 15) is 14.4 Å². The molecule has 0 N–H and O–H groups in total. The molecule has 146 valence electrons. The summed E-state index contributed by atoms with van der Waals surface area (Å²) in [5, 5.41) is 7.78. The summed E-state index contributed by atoms with van der Waals surface area (Å²) in [6.07, 6.45) is 1.23. The molecule has 3 heterocycles. The first-order valence-electron chi connectivity index (χ1n) is 8.97. The Balaban J connectivity index is 1.60. The lowest BCUT2D eigenvalue weighted by atomic mass is 10.1. The molecule has 10 nitrogen and oxygen atoms in total. The molecule has 2 fully saturated rings. The van der Waals surface area contributed by atoms with E-state index in [2.05, 4.69) is 10.2 Å². The van der Waals surface area contributed by atoms with Crippen LogP contribution in [0.5, 0.6) is 11.8 Å². The van der Waals surface area contributed by atoms with Crippen molar-refractivity contribution in [2.75, 3.05) is 39.8 Å². The number of likely N-dealkylation sites (N-methyl/N-ethyl adjacent to an activating group) is 1. The van der Waals surface area contributed by atoms with Gasteiger partial charge in [0.1, 0.15) is 6.10 Å². The van der Waals surface area contributed by atoms with Crippen LogP contribution >= 0.6 is 0 Å². The highest BCUT2D eigenvalue weighted by Crippen LogP contribution is 2.19.